The lowest BCUT2D eigenvalue weighted by molar-refractivity contribution is -0.127. The van der Waals surface area contributed by atoms with Crippen molar-refractivity contribution in [2.45, 2.75) is 13.5 Å². The summed E-state index contributed by atoms with van der Waals surface area (Å²) in [6.07, 6.45) is 1.59. The molecule has 3 amide bonds. The minimum absolute atomic E-state index is 0.215. The van der Waals surface area contributed by atoms with Crippen molar-refractivity contribution in [2.75, 3.05) is 13.7 Å². The van der Waals surface area contributed by atoms with Crippen molar-refractivity contribution in [2.24, 2.45) is 5.73 Å². The van der Waals surface area contributed by atoms with Gasteiger partial charge < -0.3 is 15.2 Å². The number of benzene rings is 2. The number of nitrogens with two attached hydrogens (primary N) is 1. The van der Waals surface area contributed by atoms with Crippen molar-refractivity contribution in [3.05, 3.63) is 61.6 Å². The molecule has 0 bridgehead atoms. The van der Waals surface area contributed by atoms with Gasteiger partial charge in [-0.05, 0) is 76.2 Å². The molecule has 0 unspecified atom stereocenters. The topological polar surface area (TPSA) is 98.9 Å². The van der Waals surface area contributed by atoms with Crippen LogP contribution in [0.15, 0.2) is 41.3 Å². The van der Waals surface area contributed by atoms with Crippen LogP contribution < -0.4 is 15.2 Å². The van der Waals surface area contributed by atoms with Crippen molar-refractivity contribution in [3.63, 3.8) is 0 Å². The molecule has 7 nitrogen and oxygen atoms in total. The number of methoxy groups -OCH3 is 1. The first-order valence-corrected chi connectivity index (χ1v) is 10.8. The van der Waals surface area contributed by atoms with E-state index in [1.54, 1.807) is 12.1 Å². The number of halogens is 1. The molecule has 0 atom stereocenters. The van der Waals surface area contributed by atoms with E-state index in [1.807, 2.05) is 37.3 Å². The highest BCUT2D eigenvalue weighted by molar-refractivity contribution is 14.1. The molecule has 1 saturated heterocycles. The van der Waals surface area contributed by atoms with Crippen LogP contribution in [0.1, 0.15) is 16.7 Å². The lowest BCUT2D eigenvalue weighted by atomic mass is 10.1. The van der Waals surface area contributed by atoms with Crippen LogP contribution in [0, 0.1) is 10.5 Å². The maximum Gasteiger partial charge on any atom is 0.294 e. The minimum Gasteiger partial charge on any atom is -0.493 e. The highest BCUT2D eigenvalue weighted by atomic mass is 127. The van der Waals surface area contributed by atoms with Crippen LogP contribution in [-0.4, -0.2) is 35.6 Å². The Labute approximate surface area is 191 Å². The van der Waals surface area contributed by atoms with Gasteiger partial charge in [0.1, 0.15) is 13.2 Å². The van der Waals surface area contributed by atoms with Crippen LogP contribution in [0.5, 0.6) is 11.5 Å². The number of hydrogen-bond donors (Lipinski definition) is 1. The van der Waals surface area contributed by atoms with E-state index < -0.39 is 23.6 Å². The third kappa shape index (κ3) is 4.96. The summed E-state index contributed by atoms with van der Waals surface area (Å²) in [5, 5.41) is -0.523. The van der Waals surface area contributed by atoms with Crippen molar-refractivity contribution >= 4 is 57.5 Å². The number of rotatable bonds is 7. The van der Waals surface area contributed by atoms with Crippen molar-refractivity contribution in [1.29, 1.82) is 0 Å². The SMILES string of the molecule is COc1cc(/C=C2\SC(=O)N(CC(N)=O)C2=O)cc(I)c1OCc1ccccc1C. The number of hydrogen-bond acceptors (Lipinski definition) is 6. The van der Waals surface area contributed by atoms with Gasteiger partial charge in [-0.1, -0.05) is 24.3 Å². The number of thioether (sulfide) groups is 1. The first kappa shape index (κ1) is 22.2. The molecule has 2 aromatic carbocycles. The zero-order valence-corrected chi connectivity index (χ0v) is 19.3. The van der Waals surface area contributed by atoms with Gasteiger partial charge in [-0.25, -0.2) is 0 Å². The average molecular weight is 538 g/mol. The molecule has 2 N–H and O–H groups in total. The van der Waals surface area contributed by atoms with Crippen LogP contribution in [0.4, 0.5) is 4.79 Å². The Kier molecular flexibility index (Phi) is 7.03. The quantitative estimate of drug-likeness (QED) is 0.427. The first-order valence-electron chi connectivity index (χ1n) is 8.88. The normalized spacial score (nSPS) is 15.0. The summed E-state index contributed by atoms with van der Waals surface area (Å²) in [6.45, 7) is 1.98. The molecule has 0 aliphatic carbocycles. The summed E-state index contributed by atoms with van der Waals surface area (Å²) < 4.78 is 12.3. The van der Waals surface area contributed by atoms with Crippen LogP contribution in [0.3, 0.4) is 0 Å². The average Bonchev–Trinajstić information content (AvgIpc) is 2.95. The fraction of sp³-hybridized carbons (Fsp3) is 0.190. The Balaban J connectivity index is 1.84. The number of nitrogens with zero attached hydrogens (tertiary/aromatic N) is 1. The molecular formula is C21H19IN2O5S. The summed E-state index contributed by atoms with van der Waals surface area (Å²) in [7, 11) is 1.54. The van der Waals surface area contributed by atoms with Gasteiger partial charge in [-0.3, -0.25) is 19.3 Å². The fourth-order valence-corrected chi connectivity index (χ4v) is 4.45. The number of ether oxygens (including phenoxy) is 2. The number of aryl methyl sites for hydroxylation is 1. The number of carbonyl (C=O) groups excluding carboxylic acids is 3. The van der Waals surface area contributed by atoms with E-state index in [1.165, 1.54) is 7.11 Å². The van der Waals surface area contributed by atoms with Crippen LogP contribution in [0.2, 0.25) is 0 Å². The standard InChI is InChI=1S/C21H19IN2O5S/c1-12-5-3-4-6-14(12)11-29-19-15(22)7-13(8-16(19)28-2)9-17-20(26)24(10-18(23)25)21(27)30-17/h3-9H,10-11H2,1-2H3,(H2,23,25)/b17-9-. The predicted octanol–water partition coefficient (Wildman–Crippen LogP) is 3.71. The lowest BCUT2D eigenvalue weighted by Crippen LogP contribution is -2.36. The largest absolute Gasteiger partial charge is 0.493 e. The summed E-state index contributed by atoms with van der Waals surface area (Å²) >= 11 is 2.91. The fourth-order valence-electron chi connectivity index (χ4n) is 2.83. The van der Waals surface area contributed by atoms with E-state index in [0.717, 1.165) is 31.4 Å². The molecule has 2 aromatic rings. The van der Waals surface area contributed by atoms with E-state index in [4.69, 9.17) is 15.2 Å². The monoisotopic (exact) mass is 538 g/mol. The van der Waals surface area contributed by atoms with E-state index in [9.17, 15) is 14.4 Å². The molecule has 1 aliphatic heterocycles. The third-order valence-electron chi connectivity index (χ3n) is 4.37. The summed E-state index contributed by atoms with van der Waals surface area (Å²) in [4.78, 5) is 36.5. The molecule has 1 aliphatic rings. The second-order valence-corrected chi connectivity index (χ2v) is 8.64. The lowest BCUT2D eigenvalue weighted by Gasteiger charge is -2.14. The Morgan fingerprint density at radius 1 is 1.27 bits per heavy atom. The Morgan fingerprint density at radius 2 is 2.00 bits per heavy atom. The molecular weight excluding hydrogens is 519 g/mol. The highest BCUT2D eigenvalue weighted by Gasteiger charge is 2.35. The molecule has 9 heteroatoms. The maximum absolute atomic E-state index is 12.4. The molecule has 1 fully saturated rings. The van der Waals surface area contributed by atoms with E-state index >= 15 is 0 Å². The van der Waals surface area contributed by atoms with Gasteiger partial charge in [0, 0.05) is 0 Å². The molecule has 30 heavy (non-hydrogen) atoms. The van der Waals surface area contributed by atoms with Gasteiger partial charge in [-0.15, -0.1) is 0 Å². The first-order chi connectivity index (χ1) is 14.3. The van der Waals surface area contributed by atoms with E-state index in [-0.39, 0.29) is 4.91 Å². The number of carbonyl (C=O) groups is 3. The summed E-state index contributed by atoms with van der Waals surface area (Å²) in [6, 6.07) is 11.5. The van der Waals surface area contributed by atoms with Crippen LogP contribution >= 0.6 is 34.4 Å². The van der Waals surface area contributed by atoms with Crippen LogP contribution in [0.25, 0.3) is 6.08 Å². The molecule has 156 valence electrons. The highest BCUT2D eigenvalue weighted by Crippen LogP contribution is 2.37. The smallest absolute Gasteiger partial charge is 0.294 e. The molecule has 0 saturated carbocycles. The Bertz CT molecular complexity index is 1050. The maximum atomic E-state index is 12.4. The number of primary amides is 1. The third-order valence-corrected chi connectivity index (χ3v) is 6.08. The summed E-state index contributed by atoms with van der Waals surface area (Å²) in [5.74, 6) is -0.180. The zero-order chi connectivity index (χ0) is 21.8. The molecule has 0 aromatic heterocycles. The Hall–Kier alpha value is -2.53. The number of amides is 3. The van der Waals surface area contributed by atoms with Gasteiger partial charge in [0.2, 0.25) is 5.91 Å². The summed E-state index contributed by atoms with van der Waals surface area (Å²) in [5.41, 5.74) is 7.98. The second kappa shape index (κ2) is 9.52. The second-order valence-electron chi connectivity index (χ2n) is 6.48. The van der Waals surface area contributed by atoms with Gasteiger partial charge >= 0.3 is 0 Å². The Morgan fingerprint density at radius 3 is 2.67 bits per heavy atom. The van der Waals surface area contributed by atoms with Crippen LogP contribution in [-0.2, 0) is 16.2 Å². The molecule has 3 rings (SSSR count). The molecule has 0 radical (unpaired) electrons. The minimum atomic E-state index is -0.745. The van der Waals surface area contributed by atoms with Gasteiger partial charge in [0.05, 0.1) is 15.6 Å². The zero-order valence-electron chi connectivity index (χ0n) is 16.3. The van der Waals surface area contributed by atoms with Crippen molar-refractivity contribution in [1.82, 2.24) is 4.90 Å². The predicted molar refractivity (Wildman–Crippen MR) is 123 cm³/mol. The molecule has 1 heterocycles. The van der Waals surface area contributed by atoms with E-state index in [0.29, 0.717) is 23.7 Å². The van der Waals surface area contributed by atoms with Gasteiger partial charge in [0.15, 0.2) is 11.5 Å². The van der Waals surface area contributed by atoms with Gasteiger partial charge in [-0.2, -0.15) is 0 Å². The van der Waals surface area contributed by atoms with Gasteiger partial charge in [0.25, 0.3) is 11.1 Å². The number of imide groups is 1. The van der Waals surface area contributed by atoms with E-state index in [2.05, 4.69) is 22.6 Å². The van der Waals surface area contributed by atoms with Crippen molar-refractivity contribution in [3.8, 4) is 11.5 Å². The molecule has 0 spiro atoms. The van der Waals surface area contributed by atoms with Crippen molar-refractivity contribution < 1.29 is 23.9 Å².